The molecule has 0 aliphatic heterocycles. The highest BCUT2D eigenvalue weighted by Crippen LogP contribution is 2.22. The van der Waals surface area contributed by atoms with Gasteiger partial charge in [0.15, 0.2) is 5.65 Å². The van der Waals surface area contributed by atoms with Gasteiger partial charge in [-0.25, -0.2) is 20.2 Å². The van der Waals surface area contributed by atoms with E-state index in [4.69, 9.17) is 4.74 Å². The quantitative estimate of drug-likeness (QED) is 0.234. The van der Waals surface area contributed by atoms with E-state index in [2.05, 4.69) is 55.4 Å². The number of hydrogen-bond acceptors (Lipinski definition) is 7. The molecular formula is C26H28N6O2. The summed E-state index contributed by atoms with van der Waals surface area (Å²) < 4.78 is 5.20. The molecule has 0 saturated heterocycles. The van der Waals surface area contributed by atoms with E-state index in [1.807, 2.05) is 37.3 Å². The molecule has 1 amide bonds. The summed E-state index contributed by atoms with van der Waals surface area (Å²) in [6, 6.07) is 21.4. The Morgan fingerprint density at radius 3 is 2.56 bits per heavy atom. The van der Waals surface area contributed by atoms with Gasteiger partial charge in [-0.05, 0) is 68.1 Å². The van der Waals surface area contributed by atoms with Gasteiger partial charge in [-0.2, -0.15) is 0 Å². The van der Waals surface area contributed by atoms with Crippen molar-refractivity contribution < 1.29 is 9.53 Å². The van der Waals surface area contributed by atoms with Crippen molar-refractivity contribution in [2.24, 2.45) is 0 Å². The van der Waals surface area contributed by atoms with Crippen LogP contribution in [0.25, 0.3) is 22.4 Å². The maximum absolute atomic E-state index is 11.6. The van der Waals surface area contributed by atoms with Crippen LogP contribution in [0.15, 0.2) is 72.9 Å². The van der Waals surface area contributed by atoms with Crippen molar-refractivity contribution in [1.82, 2.24) is 25.7 Å². The number of amides is 1. The first-order chi connectivity index (χ1) is 16.7. The third-order valence-corrected chi connectivity index (χ3v) is 5.17. The number of benzene rings is 2. The molecule has 0 bridgehead atoms. The van der Waals surface area contributed by atoms with E-state index in [-0.39, 0.29) is 0 Å². The molecule has 3 N–H and O–H groups in total. The van der Waals surface area contributed by atoms with E-state index in [0.717, 1.165) is 31.4 Å². The lowest BCUT2D eigenvalue weighted by molar-refractivity contribution is 0.201. The maximum atomic E-state index is 11.6. The zero-order chi connectivity index (χ0) is 23.6. The summed E-state index contributed by atoms with van der Waals surface area (Å²) in [6.07, 6.45) is 4.48. The zero-order valence-corrected chi connectivity index (χ0v) is 19.1. The second kappa shape index (κ2) is 11.7. The Morgan fingerprint density at radius 1 is 0.941 bits per heavy atom. The fraction of sp³-hybridized carbons (Fsp3) is 0.231. The molecular weight excluding hydrogens is 428 g/mol. The molecule has 0 aliphatic carbocycles. The van der Waals surface area contributed by atoms with Gasteiger partial charge in [-0.15, -0.1) is 0 Å². The highest BCUT2D eigenvalue weighted by molar-refractivity contribution is 5.75. The number of rotatable bonds is 10. The lowest BCUT2D eigenvalue weighted by Crippen LogP contribution is -2.26. The summed E-state index contributed by atoms with van der Waals surface area (Å²) in [5.74, 6) is 1.15. The van der Waals surface area contributed by atoms with E-state index in [1.54, 1.807) is 18.3 Å². The van der Waals surface area contributed by atoms with Crippen molar-refractivity contribution in [1.29, 1.82) is 0 Å². The van der Waals surface area contributed by atoms with Gasteiger partial charge in [0.1, 0.15) is 17.1 Å². The summed E-state index contributed by atoms with van der Waals surface area (Å²) in [4.78, 5) is 25.3. The van der Waals surface area contributed by atoms with E-state index < -0.39 is 6.09 Å². The van der Waals surface area contributed by atoms with Gasteiger partial charge in [0, 0.05) is 18.7 Å². The number of aryl methyl sites for hydroxylation is 1. The molecule has 4 rings (SSSR count). The molecule has 0 aliphatic rings. The van der Waals surface area contributed by atoms with Crippen LogP contribution in [0.5, 0.6) is 5.75 Å². The summed E-state index contributed by atoms with van der Waals surface area (Å²) in [5.41, 5.74) is 10.5. The van der Waals surface area contributed by atoms with Crippen LogP contribution in [0.3, 0.4) is 0 Å². The number of pyridine rings is 1. The minimum atomic E-state index is -0.477. The number of fused-ring (bicyclic) bond motifs is 1. The lowest BCUT2D eigenvalue weighted by atomic mass is 10.1. The molecule has 34 heavy (non-hydrogen) atoms. The first kappa shape index (κ1) is 23.1. The molecule has 0 radical (unpaired) electrons. The monoisotopic (exact) mass is 456 g/mol. The maximum Gasteiger partial charge on any atom is 0.412 e. The summed E-state index contributed by atoms with van der Waals surface area (Å²) in [6.45, 7) is 3.18. The van der Waals surface area contributed by atoms with Gasteiger partial charge in [-0.1, -0.05) is 30.3 Å². The van der Waals surface area contributed by atoms with Gasteiger partial charge in [0.25, 0.3) is 0 Å². The number of unbranched alkanes of at least 4 members (excludes halogenated alkanes) is 1. The number of nitrogens with zero attached hydrogens (tertiary/aromatic N) is 3. The Labute approximate surface area is 198 Å². The summed E-state index contributed by atoms with van der Waals surface area (Å²) in [7, 11) is 0. The van der Waals surface area contributed by atoms with E-state index in [0.29, 0.717) is 35.0 Å². The molecule has 2 aromatic carbocycles. The Bertz CT molecular complexity index is 1220. The minimum Gasteiger partial charge on any atom is -0.410 e. The van der Waals surface area contributed by atoms with E-state index in [9.17, 15) is 4.79 Å². The second-order valence-electron chi connectivity index (χ2n) is 7.73. The SMILES string of the molecule is CCNC(=O)Oc1ccc(-c2cnc3ccc(NNCCCCc4ccccc4)nc3n2)cc1. The molecule has 0 atom stereocenters. The number of ether oxygens (including phenoxy) is 1. The molecule has 4 aromatic rings. The highest BCUT2D eigenvalue weighted by atomic mass is 16.5. The molecule has 8 nitrogen and oxygen atoms in total. The van der Waals surface area contributed by atoms with Gasteiger partial charge in [0.2, 0.25) is 0 Å². The van der Waals surface area contributed by atoms with Crippen molar-refractivity contribution in [3.8, 4) is 17.0 Å². The number of hydrazine groups is 1. The first-order valence-electron chi connectivity index (χ1n) is 11.4. The third-order valence-electron chi connectivity index (χ3n) is 5.17. The number of nitrogens with one attached hydrogen (secondary N) is 3. The topological polar surface area (TPSA) is 101 Å². The molecule has 8 heteroatoms. The fourth-order valence-corrected chi connectivity index (χ4v) is 3.43. The average molecular weight is 457 g/mol. The normalized spacial score (nSPS) is 10.7. The molecule has 174 valence electrons. The van der Waals surface area contributed by atoms with Crippen molar-refractivity contribution >= 4 is 23.1 Å². The number of carbonyl (C=O) groups is 1. The van der Waals surface area contributed by atoms with Crippen LogP contribution < -0.4 is 20.9 Å². The van der Waals surface area contributed by atoms with Gasteiger partial charge in [-0.3, -0.25) is 4.98 Å². The standard InChI is InChI=1S/C26H28N6O2/c1-2-27-26(33)34-21-13-11-20(12-14-21)23-18-28-22-15-16-24(31-25(22)30-23)32-29-17-7-6-10-19-8-4-3-5-9-19/h3-5,8-9,11-16,18,29H,2,6-7,10,17H2,1H3,(H,27,33)(H,30,31,32). The summed E-state index contributed by atoms with van der Waals surface area (Å²) in [5, 5.41) is 2.59. The Kier molecular flexibility index (Phi) is 7.97. The predicted octanol–water partition coefficient (Wildman–Crippen LogP) is 4.74. The van der Waals surface area contributed by atoms with Crippen LogP contribution in [-0.4, -0.2) is 34.1 Å². The Hall–Kier alpha value is -4.04. The van der Waals surface area contributed by atoms with Crippen molar-refractivity contribution in [3.05, 3.63) is 78.5 Å². The van der Waals surface area contributed by atoms with Crippen LogP contribution in [-0.2, 0) is 6.42 Å². The van der Waals surface area contributed by atoms with Crippen LogP contribution in [0.4, 0.5) is 10.6 Å². The van der Waals surface area contributed by atoms with Crippen molar-refractivity contribution in [2.45, 2.75) is 26.2 Å². The fourth-order valence-electron chi connectivity index (χ4n) is 3.43. The van der Waals surface area contributed by atoms with Gasteiger partial charge < -0.3 is 15.5 Å². The lowest BCUT2D eigenvalue weighted by Gasteiger charge is -2.09. The highest BCUT2D eigenvalue weighted by Gasteiger charge is 2.07. The third kappa shape index (κ3) is 6.49. The smallest absolute Gasteiger partial charge is 0.410 e. The van der Waals surface area contributed by atoms with Gasteiger partial charge >= 0.3 is 6.09 Å². The van der Waals surface area contributed by atoms with Crippen LogP contribution >= 0.6 is 0 Å². The zero-order valence-electron chi connectivity index (χ0n) is 19.1. The Balaban J connectivity index is 1.32. The van der Waals surface area contributed by atoms with E-state index in [1.165, 1.54) is 5.56 Å². The predicted molar refractivity (Wildman–Crippen MR) is 133 cm³/mol. The van der Waals surface area contributed by atoms with Crippen LogP contribution in [0.2, 0.25) is 0 Å². The number of carbonyl (C=O) groups excluding carboxylic acids is 1. The molecule has 0 fully saturated rings. The largest absolute Gasteiger partial charge is 0.412 e. The number of anilines is 1. The average Bonchev–Trinajstić information content (AvgIpc) is 2.87. The van der Waals surface area contributed by atoms with E-state index >= 15 is 0 Å². The number of hydrogen-bond donors (Lipinski definition) is 3. The molecule has 2 heterocycles. The van der Waals surface area contributed by atoms with Crippen molar-refractivity contribution in [2.75, 3.05) is 18.5 Å². The first-order valence-corrected chi connectivity index (χ1v) is 11.4. The molecule has 0 spiro atoms. The summed E-state index contributed by atoms with van der Waals surface area (Å²) >= 11 is 0. The number of aromatic nitrogens is 3. The molecule has 2 aromatic heterocycles. The second-order valence-corrected chi connectivity index (χ2v) is 7.73. The van der Waals surface area contributed by atoms with Crippen LogP contribution in [0, 0.1) is 0 Å². The molecule has 0 unspecified atom stereocenters. The van der Waals surface area contributed by atoms with Crippen LogP contribution in [0.1, 0.15) is 25.3 Å². The Morgan fingerprint density at radius 2 is 1.76 bits per heavy atom. The van der Waals surface area contributed by atoms with Crippen molar-refractivity contribution in [3.63, 3.8) is 0 Å². The van der Waals surface area contributed by atoms with Gasteiger partial charge in [0.05, 0.1) is 11.9 Å². The minimum absolute atomic E-state index is 0.461. The molecule has 0 saturated carbocycles.